The molecule has 11 nitrogen and oxygen atoms in total. The van der Waals surface area contributed by atoms with E-state index in [1.165, 1.54) is 0 Å². The number of alkyl halides is 6. The van der Waals surface area contributed by atoms with E-state index in [2.05, 4.69) is 20.1 Å². The number of carbonyl (C=O) groups is 3. The lowest BCUT2D eigenvalue weighted by Gasteiger charge is -2.27. The first-order valence-corrected chi connectivity index (χ1v) is 11.3. The van der Waals surface area contributed by atoms with Crippen molar-refractivity contribution in [3.8, 4) is 5.88 Å². The number of hydrogen-bond acceptors (Lipinski definition) is 7. The Balaban J connectivity index is 0.000000317. The number of pyridine rings is 1. The second-order valence-electron chi connectivity index (χ2n) is 8.27. The van der Waals surface area contributed by atoms with Crippen molar-refractivity contribution in [2.24, 2.45) is 0 Å². The molecule has 4 rings (SSSR count). The van der Waals surface area contributed by atoms with Crippen molar-refractivity contribution in [1.29, 1.82) is 0 Å². The molecule has 216 valence electrons. The van der Waals surface area contributed by atoms with Gasteiger partial charge in [-0.2, -0.15) is 31.4 Å². The Hall–Kier alpha value is -3.89. The first-order valence-electron chi connectivity index (χ1n) is 11.3. The van der Waals surface area contributed by atoms with Crippen LogP contribution in [0.15, 0.2) is 18.3 Å². The van der Waals surface area contributed by atoms with Gasteiger partial charge in [-0.15, -0.1) is 0 Å². The van der Waals surface area contributed by atoms with Crippen LogP contribution in [0.25, 0.3) is 0 Å². The van der Waals surface area contributed by atoms with Gasteiger partial charge in [-0.05, 0) is 18.9 Å². The van der Waals surface area contributed by atoms with E-state index in [1.54, 1.807) is 13.3 Å². The summed E-state index contributed by atoms with van der Waals surface area (Å²) < 4.78 is 68.8. The summed E-state index contributed by atoms with van der Waals surface area (Å²) in [5.74, 6) is -4.79. The Kier molecular flexibility index (Phi) is 10.6. The number of ether oxygens (including phenoxy) is 1. The van der Waals surface area contributed by atoms with E-state index in [9.17, 15) is 31.1 Å². The number of aromatic amines is 1. The van der Waals surface area contributed by atoms with Crippen LogP contribution in [-0.2, 0) is 29.1 Å². The number of halogens is 6. The third-order valence-corrected chi connectivity index (χ3v) is 5.53. The summed E-state index contributed by atoms with van der Waals surface area (Å²) in [5, 5.41) is 21.7. The van der Waals surface area contributed by atoms with Gasteiger partial charge in [0.25, 0.3) is 5.91 Å². The number of rotatable bonds is 4. The fourth-order valence-electron chi connectivity index (χ4n) is 3.70. The molecule has 1 fully saturated rings. The number of carboxylic acid groups (broad SMARTS) is 2. The molecule has 2 aromatic heterocycles. The van der Waals surface area contributed by atoms with E-state index in [-0.39, 0.29) is 5.91 Å². The maximum atomic E-state index is 12.7. The monoisotopic (exact) mass is 569 g/mol. The number of aromatic nitrogens is 3. The first kappa shape index (κ1) is 31.3. The van der Waals surface area contributed by atoms with E-state index in [4.69, 9.17) is 24.5 Å². The van der Waals surface area contributed by atoms with Crippen molar-refractivity contribution in [2.75, 3.05) is 26.7 Å². The number of likely N-dealkylation sites (tertiary alicyclic amines) is 1. The molecule has 4 heterocycles. The highest BCUT2D eigenvalue weighted by molar-refractivity contribution is 5.94. The summed E-state index contributed by atoms with van der Waals surface area (Å²) in [6.45, 7) is 4.08. The predicted molar refractivity (Wildman–Crippen MR) is 120 cm³/mol. The maximum Gasteiger partial charge on any atom is 0.490 e. The summed E-state index contributed by atoms with van der Waals surface area (Å²) >= 11 is 0. The Labute approximate surface area is 217 Å². The molecule has 0 aromatic carbocycles. The second-order valence-corrected chi connectivity index (χ2v) is 8.27. The van der Waals surface area contributed by atoms with Crippen LogP contribution in [0.1, 0.15) is 40.2 Å². The number of H-pyrrole nitrogens is 1. The number of nitrogens with zero attached hydrogens (tertiary/aromatic N) is 4. The normalized spacial score (nSPS) is 15.3. The van der Waals surface area contributed by atoms with Gasteiger partial charge in [0.1, 0.15) is 0 Å². The molecule has 2 aliphatic heterocycles. The lowest BCUT2D eigenvalue weighted by atomic mass is 10.0. The summed E-state index contributed by atoms with van der Waals surface area (Å²) in [7, 11) is 1.64. The Bertz CT molecular complexity index is 1120. The molecule has 0 unspecified atom stereocenters. The van der Waals surface area contributed by atoms with E-state index >= 15 is 0 Å². The molecule has 1 saturated heterocycles. The highest BCUT2D eigenvalue weighted by Crippen LogP contribution is 2.25. The molecule has 0 radical (unpaired) electrons. The van der Waals surface area contributed by atoms with Gasteiger partial charge in [0.05, 0.1) is 7.11 Å². The van der Waals surface area contributed by atoms with Crippen molar-refractivity contribution in [1.82, 2.24) is 25.0 Å². The predicted octanol–water partition coefficient (Wildman–Crippen LogP) is 2.87. The summed E-state index contributed by atoms with van der Waals surface area (Å²) in [5.41, 5.74) is 3.80. The van der Waals surface area contributed by atoms with Gasteiger partial charge in [0.15, 0.2) is 5.69 Å². The average molecular weight is 569 g/mol. The quantitative estimate of drug-likeness (QED) is 0.473. The number of aliphatic carboxylic acids is 2. The number of carboxylic acids is 2. The molecular weight excluding hydrogens is 544 g/mol. The smallest absolute Gasteiger partial charge is 0.481 e. The van der Waals surface area contributed by atoms with Gasteiger partial charge >= 0.3 is 24.3 Å². The Morgan fingerprint density at radius 1 is 1.03 bits per heavy atom. The van der Waals surface area contributed by atoms with E-state index < -0.39 is 24.3 Å². The number of amides is 1. The van der Waals surface area contributed by atoms with Gasteiger partial charge < -0.3 is 19.8 Å². The number of fused-ring (bicyclic) bond motifs is 1. The zero-order valence-corrected chi connectivity index (χ0v) is 20.5. The van der Waals surface area contributed by atoms with E-state index in [1.807, 2.05) is 17.0 Å². The Morgan fingerprint density at radius 3 is 2.10 bits per heavy atom. The number of hydrogen-bond donors (Lipinski definition) is 3. The molecular formula is C22H25F6N5O6. The van der Waals surface area contributed by atoms with Gasteiger partial charge in [-0.25, -0.2) is 14.6 Å². The molecule has 39 heavy (non-hydrogen) atoms. The molecule has 0 spiro atoms. The van der Waals surface area contributed by atoms with Crippen LogP contribution in [0, 0.1) is 0 Å². The topological polar surface area (TPSA) is 149 Å². The molecule has 0 atom stereocenters. The zero-order valence-electron chi connectivity index (χ0n) is 20.5. The van der Waals surface area contributed by atoms with Gasteiger partial charge in [0.2, 0.25) is 5.88 Å². The van der Waals surface area contributed by atoms with Gasteiger partial charge in [-0.1, -0.05) is 6.07 Å². The van der Waals surface area contributed by atoms with E-state index in [0.717, 1.165) is 68.8 Å². The van der Waals surface area contributed by atoms with Crippen molar-refractivity contribution in [3.63, 3.8) is 0 Å². The number of carbonyl (C=O) groups excluding carboxylic acids is 1. The Morgan fingerprint density at radius 2 is 1.59 bits per heavy atom. The third-order valence-electron chi connectivity index (χ3n) is 5.53. The highest BCUT2D eigenvalue weighted by Gasteiger charge is 2.39. The summed E-state index contributed by atoms with van der Waals surface area (Å²) in [6.07, 6.45) is -5.38. The molecule has 0 aliphatic carbocycles. The number of methoxy groups -OCH3 is 1. The standard InChI is InChI=1S/C18H23N5O2.2C2HF3O2/c1-25-17-13(5-4-7-19-17)11-22-10-6-15-14(12-22)16(21-20-15)18(24)23-8-2-3-9-23;2*3-2(4,5)1(6)7/h4-5,7H,2-3,6,8-12H2,1H3,(H,20,21);2*(H,6,7). The largest absolute Gasteiger partial charge is 0.490 e. The van der Waals surface area contributed by atoms with Gasteiger partial charge in [0, 0.05) is 62.2 Å². The van der Waals surface area contributed by atoms with Crippen LogP contribution in [0.2, 0.25) is 0 Å². The molecule has 0 saturated carbocycles. The summed E-state index contributed by atoms with van der Waals surface area (Å²) in [4.78, 5) is 39.0. The second kappa shape index (κ2) is 13.3. The van der Waals surface area contributed by atoms with Crippen LogP contribution >= 0.6 is 0 Å². The highest BCUT2D eigenvalue weighted by atomic mass is 19.4. The van der Waals surface area contributed by atoms with Gasteiger partial charge in [-0.3, -0.25) is 14.8 Å². The molecule has 0 bridgehead atoms. The van der Waals surface area contributed by atoms with Crippen molar-refractivity contribution < 1.29 is 55.7 Å². The van der Waals surface area contributed by atoms with E-state index in [0.29, 0.717) is 11.6 Å². The van der Waals surface area contributed by atoms with Crippen LogP contribution in [0.4, 0.5) is 26.3 Å². The van der Waals surface area contributed by atoms with Crippen molar-refractivity contribution >= 4 is 17.8 Å². The summed E-state index contributed by atoms with van der Waals surface area (Å²) in [6, 6.07) is 3.96. The van der Waals surface area contributed by atoms with Crippen molar-refractivity contribution in [2.45, 2.75) is 44.7 Å². The SMILES string of the molecule is COc1ncccc1CN1CCc2[nH]nc(C(=O)N3CCCC3)c2C1.O=C(O)C(F)(F)F.O=C(O)C(F)(F)F. The van der Waals surface area contributed by atoms with Crippen LogP contribution < -0.4 is 4.74 Å². The molecule has 3 N–H and O–H groups in total. The third kappa shape index (κ3) is 9.12. The average Bonchev–Trinajstić information content (AvgIpc) is 3.54. The van der Waals surface area contributed by atoms with Crippen LogP contribution in [0.3, 0.4) is 0 Å². The molecule has 2 aromatic rings. The van der Waals surface area contributed by atoms with Crippen LogP contribution in [0.5, 0.6) is 5.88 Å². The molecule has 1 amide bonds. The van der Waals surface area contributed by atoms with Crippen molar-refractivity contribution in [3.05, 3.63) is 40.8 Å². The lowest BCUT2D eigenvalue weighted by Crippen LogP contribution is -2.33. The van der Waals surface area contributed by atoms with Crippen LogP contribution in [-0.4, -0.2) is 92.1 Å². The fraction of sp³-hybridized carbons (Fsp3) is 0.500. The first-order chi connectivity index (χ1) is 18.1. The minimum Gasteiger partial charge on any atom is -0.481 e. The molecule has 2 aliphatic rings. The molecule has 17 heteroatoms. The number of nitrogens with one attached hydrogen (secondary N) is 1. The minimum atomic E-state index is -5.08. The zero-order chi connectivity index (χ0) is 29.4. The lowest BCUT2D eigenvalue weighted by molar-refractivity contribution is -0.193. The minimum absolute atomic E-state index is 0.0656. The maximum absolute atomic E-state index is 12.7. The fourth-order valence-corrected chi connectivity index (χ4v) is 3.70.